The van der Waals surface area contributed by atoms with E-state index in [1.165, 1.54) is 0 Å². The number of hydrogen-bond acceptors (Lipinski definition) is 3. The highest BCUT2D eigenvalue weighted by Gasteiger charge is 2.36. The van der Waals surface area contributed by atoms with E-state index in [0.717, 1.165) is 26.2 Å². The molecule has 0 aromatic carbocycles. The second kappa shape index (κ2) is 3.32. The summed E-state index contributed by atoms with van der Waals surface area (Å²) in [5, 5.41) is 3.38. The zero-order valence-electron chi connectivity index (χ0n) is 7.92. The van der Waals surface area contributed by atoms with Crippen molar-refractivity contribution in [3.63, 3.8) is 0 Å². The highest BCUT2D eigenvalue weighted by atomic mass is 16.5. The number of fused-ring (bicyclic) bond motifs is 1. The summed E-state index contributed by atoms with van der Waals surface area (Å²) in [5.41, 5.74) is 0. The van der Waals surface area contributed by atoms with E-state index in [1.54, 1.807) is 0 Å². The summed E-state index contributed by atoms with van der Waals surface area (Å²) in [6, 6.07) is 1.28. The van der Waals surface area contributed by atoms with Crippen LogP contribution in [0.5, 0.6) is 0 Å². The smallest absolute Gasteiger partial charge is 0.0867 e. The predicted octanol–water partition coefficient (Wildman–Crippen LogP) is 0.0674. The molecular formula is C9H18N2O. The van der Waals surface area contributed by atoms with E-state index in [0.29, 0.717) is 18.2 Å². The molecule has 0 spiro atoms. The van der Waals surface area contributed by atoms with Gasteiger partial charge in [0.25, 0.3) is 0 Å². The van der Waals surface area contributed by atoms with E-state index in [2.05, 4.69) is 24.1 Å². The average molecular weight is 170 g/mol. The van der Waals surface area contributed by atoms with Crippen LogP contribution >= 0.6 is 0 Å². The van der Waals surface area contributed by atoms with Crippen LogP contribution in [-0.2, 0) is 4.74 Å². The molecule has 2 rings (SSSR count). The van der Waals surface area contributed by atoms with Gasteiger partial charge in [0.05, 0.1) is 12.7 Å². The number of nitrogens with one attached hydrogen (secondary N) is 1. The van der Waals surface area contributed by atoms with Crippen LogP contribution in [0.3, 0.4) is 0 Å². The molecule has 0 aromatic heterocycles. The van der Waals surface area contributed by atoms with Gasteiger partial charge < -0.3 is 10.1 Å². The molecule has 2 atom stereocenters. The highest BCUT2D eigenvalue weighted by molar-refractivity contribution is 4.93. The Bertz CT molecular complexity index is 161. The van der Waals surface area contributed by atoms with Crippen LogP contribution in [-0.4, -0.2) is 49.3 Å². The molecule has 3 heteroatoms. The van der Waals surface area contributed by atoms with Crippen LogP contribution < -0.4 is 5.32 Å². The molecule has 0 bridgehead atoms. The fourth-order valence-electron chi connectivity index (χ4n) is 2.26. The van der Waals surface area contributed by atoms with Crippen molar-refractivity contribution in [2.45, 2.75) is 32.0 Å². The van der Waals surface area contributed by atoms with Crippen LogP contribution in [0.25, 0.3) is 0 Å². The minimum atomic E-state index is 0.446. The summed E-state index contributed by atoms with van der Waals surface area (Å²) in [6.45, 7) is 8.67. The van der Waals surface area contributed by atoms with Gasteiger partial charge in [-0.3, -0.25) is 4.90 Å². The third-order valence-electron chi connectivity index (χ3n) is 2.90. The Morgan fingerprint density at radius 1 is 1.42 bits per heavy atom. The minimum Gasteiger partial charge on any atom is -0.374 e. The van der Waals surface area contributed by atoms with Crippen molar-refractivity contribution in [2.24, 2.45) is 0 Å². The molecule has 2 saturated heterocycles. The van der Waals surface area contributed by atoms with Crippen LogP contribution in [0.2, 0.25) is 0 Å². The van der Waals surface area contributed by atoms with Gasteiger partial charge in [0.15, 0.2) is 0 Å². The largest absolute Gasteiger partial charge is 0.374 e. The summed E-state index contributed by atoms with van der Waals surface area (Å²) in [7, 11) is 0. The van der Waals surface area contributed by atoms with Gasteiger partial charge in [-0.2, -0.15) is 0 Å². The lowest BCUT2D eigenvalue weighted by Gasteiger charge is -2.39. The second-order valence-corrected chi connectivity index (χ2v) is 3.97. The molecule has 2 aliphatic heterocycles. The maximum Gasteiger partial charge on any atom is 0.0867 e. The first-order valence-corrected chi connectivity index (χ1v) is 4.87. The van der Waals surface area contributed by atoms with Crippen LogP contribution in [0, 0.1) is 0 Å². The molecule has 2 fully saturated rings. The minimum absolute atomic E-state index is 0.446. The quantitative estimate of drug-likeness (QED) is 0.602. The van der Waals surface area contributed by atoms with Crippen molar-refractivity contribution >= 4 is 0 Å². The van der Waals surface area contributed by atoms with Gasteiger partial charge in [-0.1, -0.05) is 0 Å². The Kier molecular flexibility index (Phi) is 2.35. The van der Waals surface area contributed by atoms with Gasteiger partial charge in [0, 0.05) is 31.7 Å². The molecule has 1 N–H and O–H groups in total. The van der Waals surface area contributed by atoms with E-state index < -0.39 is 0 Å². The fraction of sp³-hybridized carbons (Fsp3) is 1.00. The molecule has 12 heavy (non-hydrogen) atoms. The lowest BCUT2D eigenvalue weighted by Crippen LogP contribution is -2.53. The zero-order chi connectivity index (χ0) is 8.55. The van der Waals surface area contributed by atoms with E-state index >= 15 is 0 Å². The number of morpholine rings is 1. The lowest BCUT2D eigenvalue weighted by molar-refractivity contribution is -0.0580. The van der Waals surface area contributed by atoms with Crippen LogP contribution in [0.4, 0.5) is 0 Å². The number of hydrogen-bond donors (Lipinski definition) is 1. The van der Waals surface area contributed by atoms with Gasteiger partial charge in [0.1, 0.15) is 0 Å². The van der Waals surface area contributed by atoms with Crippen molar-refractivity contribution < 1.29 is 4.74 Å². The third-order valence-corrected chi connectivity index (χ3v) is 2.90. The van der Waals surface area contributed by atoms with Crippen molar-refractivity contribution in [3.8, 4) is 0 Å². The van der Waals surface area contributed by atoms with Gasteiger partial charge in [-0.05, 0) is 13.8 Å². The van der Waals surface area contributed by atoms with Crippen LogP contribution in [0.1, 0.15) is 13.8 Å². The number of ether oxygens (including phenoxy) is 1. The normalized spacial score (nSPS) is 37.2. The fourth-order valence-corrected chi connectivity index (χ4v) is 2.26. The summed E-state index contributed by atoms with van der Waals surface area (Å²) in [5.74, 6) is 0. The summed E-state index contributed by atoms with van der Waals surface area (Å²) in [6.07, 6.45) is 0.446. The molecule has 0 radical (unpaired) electrons. The molecule has 0 unspecified atom stereocenters. The topological polar surface area (TPSA) is 24.5 Å². The first kappa shape index (κ1) is 8.48. The maximum atomic E-state index is 5.68. The van der Waals surface area contributed by atoms with Crippen molar-refractivity contribution in [2.75, 3.05) is 26.2 Å². The number of rotatable bonds is 1. The van der Waals surface area contributed by atoms with Gasteiger partial charge in [-0.25, -0.2) is 0 Å². The number of nitrogens with zero attached hydrogens (tertiary/aromatic N) is 1. The Hall–Kier alpha value is -0.120. The van der Waals surface area contributed by atoms with Gasteiger partial charge in [0.2, 0.25) is 0 Å². The van der Waals surface area contributed by atoms with Gasteiger partial charge >= 0.3 is 0 Å². The molecule has 0 amide bonds. The highest BCUT2D eigenvalue weighted by Crippen LogP contribution is 2.19. The van der Waals surface area contributed by atoms with E-state index in [4.69, 9.17) is 4.74 Å². The Morgan fingerprint density at radius 3 is 3.00 bits per heavy atom. The second-order valence-electron chi connectivity index (χ2n) is 3.97. The van der Waals surface area contributed by atoms with Crippen molar-refractivity contribution in [1.82, 2.24) is 10.2 Å². The molecule has 3 nitrogen and oxygen atoms in total. The van der Waals surface area contributed by atoms with Crippen molar-refractivity contribution in [1.29, 1.82) is 0 Å². The first-order valence-electron chi connectivity index (χ1n) is 4.87. The molecule has 0 aromatic rings. The SMILES string of the molecule is CC(C)N1CCO[C@H]2CNC[C@H]21. The lowest BCUT2D eigenvalue weighted by atomic mass is 10.1. The molecule has 2 heterocycles. The Balaban J connectivity index is 2.03. The van der Waals surface area contributed by atoms with E-state index in [9.17, 15) is 0 Å². The average Bonchev–Trinajstić information content (AvgIpc) is 2.49. The van der Waals surface area contributed by atoms with Gasteiger partial charge in [-0.15, -0.1) is 0 Å². The zero-order valence-corrected chi connectivity index (χ0v) is 7.92. The molecule has 70 valence electrons. The van der Waals surface area contributed by atoms with E-state index in [1.807, 2.05) is 0 Å². The summed E-state index contributed by atoms with van der Waals surface area (Å²) >= 11 is 0. The van der Waals surface area contributed by atoms with E-state index in [-0.39, 0.29) is 0 Å². The summed E-state index contributed by atoms with van der Waals surface area (Å²) in [4.78, 5) is 2.55. The molecule has 2 aliphatic rings. The van der Waals surface area contributed by atoms with Crippen LogP contribution in [0.15, 0.2) is 0 Å². The molecule has 0 aliphatic carbocycles. The standard InChI is InChI=1S/C9H18N2O/c1-7(2)11-3-4-12-9-6-10-5-8(9)11/h7-10H,3-6H2,1-2H3/t8-,9+/m1/s1. The predicted molar refractivity (Wildman–Crippen MR) is 48.2 cm³/mol. The molecule has 0 saturated carbocycles. The maximum absolute atomic E-state index is 5.68. The Labute approximate surface area is 74.1 Å². The monoisotopic (exact) mass is 170 g/mol. The Morgan fingerprint density at radius 2 is 2.25 bits per heavy atom. The molecular weight excluding hydrogens is 152 g/mol. The summed E-state index contributed by atoms with van der Waals surface area (Å²) < 4.78 is 5.68. The van der Waals surface area contributed by atoms with Crippen molar-refractivity contribution in [3.05, 3.63) is 0 Å². The third kappa shape index (κ3) is 1.37. The first-order chi connectivity index (χ1) is 5.79.